The zero-order chi connectivity index (χ0) is 20.5. The van der Waals surface area contributed by atoms with Crippen molar-refractivity contribution in [1.82, 2.24) is 24.8 Å². The number of ketones is 1. The first-order valence-corrected chi connectivity index (χ1v) is 9.63. The summed E-state index contributed by atoms with van der Waals surface area (Å²) in [7, 11) is 0. The molecule has 0 N–H and O–H groups in total. The van der Waals surface area contributed by atoms with Gasteiger partial charge in [0.1, 0.15) is 6.54 Å². The molecule has 0 atom stereocenters. The highest BCUT2D eigenvalue weighted by Gasteiger charge is 2.18. The number of aryl methyl sites for hydroxylation is 2. The molecule has 0 unspecified atom stereocenters. The fourth-order valence-electron chi connectivity index (χ4n) is 3.49. The van der Waals surface area contributed by atoms with Crippen molar-refractivity contribution in [3.8, 4) is 17.1 Å². The third-order valence-corrected chi connectivity index (χ3v) is 5.19. The zero-order valence-corrected chi connectivity index (χ0v) is 17.2. The first-order valence-electron chi connectivity index (χ1n) is 9.26. The lowest BCUT2D eigenvalue weighted by Gasteiger charge is -2.10. The van der Waals surface area contributed by atoms with Crippen molar-refractivity contribution in [2.24, 2.45) is 0 Å². The van der Waals surface area contributed by atoms with Gasteiger partial charge in [-0.2, -0.15) is 4.80 Å². The average Bonchev–Trinajstić information content (AvgIpc) is 3.27. The summed E-state index contributed by atoms with van der Waals surface area (Å²) in [5.74, 6) is 0.453. The van der Waals surface area contributed by atoms with Crippen LogP contribution >= 0.6 is 11.6 Å². The molecule has 0 aliphatic heterocycles. The number of hydrogen-bond donors (Lipinski definition) is 0. The first-order chi connectivity index (χ1) is 13.9. The minimum absolute atomic E-state index is 0.0315. The van der Waals surface area contributed by atoms with Gasteiger partial charge in [0.05, 0.1) is 0 Å². The van der Waals surface area contributed by atoms with Gasteiger partial charge in [0.2, 0.25) is 5.82 Å². The second-order valence-corrected chi connectivity index (χ2v) is 7.41. The van der Waals surface area contributed by atoms with E-state index in [4.69, 9.17) is 11.6 Å². The SMILES string of the molecule is Cc1ccccc1-c1nnn(CC(=O)c2cc(C)n(-c3ccc(Cl)cc3)c2C)n1. The topological polar surface area (TPSA) is 65.6 Å². The Kier molecular flexibility index (Phi) is 5.03. The Hall–Kier alpha value is -3.25. The summed E-state index contributed by atoms with van der Waals surface area (Å²) in [6.07, 6.45) is 0. The van der Waals surface area contributed by atoms with Crippen molar-refractivity contribution in [2.45, 2.75) is 27.3 Å². The van der Waals surface area contributed by atoms with Crippen molar-refractivity contribution in [2.75, 3.05) is 0 Å². The molecule has 2 aromatic heterocycles. The quantitative estimate of drug-likeness (QED) is 0.455. The van der Waals surface area contributed by atoms with Crippen LogP contribution in [0, 0.1) is 20.8 Å². The molecule has 0 spiro atoms. The summed E-state index contributed by atoms with van der Waals surface area (Å²) in [6.45, 7) is 5.93. The molecule has 0 saturated heterocycles. The number of benzene rings is 2. The molecule has 4 aromatic rings. The number of hydrogen-bond acceptors (Lipinski definition) is 4. The van der Waals surface area contributed by atoms with Gasteiger partial charge in [0.25, 0.3) is 0 Å². The highest BCUT2D eigenvalue weighted by molar-refractivity contribution is 6.30. The lowest BCUT2D eigenvalue weighted by atomic mass is 10.1. The molecule has 0 bridgehead atoms. The van der Waals surface area contributed by atoms with Crippen LogP contribution in [0.4, 0.5) is 0 Å². The van der Waals surface area contributed by atoms with Gasteiger partial charge in [-0.05, 0) is 61.9 Å². The summed E-state index contributed by atoms with van der Waals surface area (Å²) in [5, 5.41) is 13.2. The highest BCUT2D eigenvalue weighted by atomic mass is 35.5. The number of Topliss-reactive ketones (excluding diaryl/α,β-unsaturated/α-hetero) is 1. The molecule has 0 saturated carbocycles. The Morgan fingerprint density at radius 2 is 1.76 bits per heavy atom. The molecule has 29 heavy (non-hydrogen) atoms. The number of tetrazole rings is 1. The number of nitrogens with zero attached hydrogens (tertiary/aromatic N) is 5. The van der Waals surface area contributed by atoms with Crippen LogP contribution in [0.15, 0.2) is 54.6 Å². The van der Waals surface area contributed by atoms with E-state index in [1.54, 1.807) is 0 Å². The van der Waals surface area contributed by atoms with Gasteiger partial charge in [-0.15, -0.1) is 10.2 Å². The fourth-order valence-corrected chi connectivity index (χ4v) is 3.61. The second-order valence-electron chi connectivity index (χ2n) is 6.98. The summed E-state index contributed by atoms with van der Waals surface area (Å²) >= 11 is 5.99. The van der Waals surface area contributed by atoms with Crippen LogP contribution in [0.25, 0.3) is 17.1 Å². The number of aromatic nitrogens is 5. The predicted molar refractivity (Wildman–Crippen MR) is 113 cm³/mol. The van der Waals surface area contributed by atoms with E-state index < -0.39 is 0 Å². The Morgan fingerprint density at radius 1 is 1.03 bits per heavy atom. The van der Waals surface area contributed by atoms with E-state index in [0.717, 1.165) is 28.2 Å². The second kappa shape index (κ2) is 7.64. The minimum atomic E-state index is -0.0629. The maximum absolute atomic E-state index is 12.9. The van der Waals surface area contributed by atoms with Crippen LogP contribution < -0.4 is 0 Å². The van der Waals surface area contributed by atoms with Crippen LogP contribution in [0.1, 0.15) is 27.3 Å². The number of carbonyl (C=O) groups is 1. The van der Waals surface area contributed by atoms with Gasteiger partial charge in [-0.1, -0.05) is 35.9 Å². The van der Waals surface area contributed by atoms with E-state index in [-0.39, 0.29) is 12.3 Å². The lowest BCUT2D eigenvalue weighted by Crippen LogP contribution is -2.14. The van der Waals surface area contributed by atoms with Crippen LogP contribution in [-0.4, -0.2) is 30.6 Å². The normalized spacial score (nSPS) is 11.0. The van der Waals surface area contributed by atoms with Crippen molar-refractivity contribution < 1.29 is 4.79 Å². The van der Waals surface area contributed by atoms with Crippen molar-refractivity contribution >= 4 is 17.4 Å². The van der Waals surface area contributed by atoms with Gasteiger partial charge < -0.3 is 4.57 Å². The molecule has 4 rings (SSSR count). The van der Waals surface area contributed by atoms with E-state index in [1.807, 2.05) is 79.9 Å². The maximum Gasteiger partial charge on any atom is 0.205 e. The summed E-state index contributed by atoms with van der Waals surface area (Å²) in [5.41, 5.74) is 5.42. The molecule has 2 heterocycles. The Morgan fingerprint density at radius 3 is 2.48 bits per heavy atom. The number of carbonyl (C=O) groups excluding carboxylic acids is 1. The van der Waals surface area contributed by atoms with E-state index >= 15 is 0 Å². The van der Waals surface area contributed by atoms with Crippen LogP contribution in [0.2, 0.25) is 5.02 Å². The van der Waals surface area contributed by atoms with Crippen molar-refractivity contribution in [1.29, 1.82) is 0 Å². The third kappa shape index (κ3) is 3.71. The molecular weight excluding hydrogens is 386 g/mol. The van der Waals surface area contributed by atoms with E-state index in [9.17, 15) is 4.79 Å². The maximum atomic E-state index is 12.9. The molecule has 0 aliphatic rings. The Balaban J connectivity index is 1.59. The van der Waals surface area contributed by atoms with Crippen LogP contribution in [-0.2, 0) is 6.54 Å². The third-order valence-electron chi connectivity index (χ3n) is 4.94. The summed E-state index contributed by atoms with van der Waals surface area (Å²) in [6, 6.07) is 17.3. The monoisotopic (exact) mass is 405 g/mol. The number of halogens is 1. The lowest BCUT2D eigenvalue weighted by molar-refractivity contribution is 0.0961. The van der Waals surface area contributed by atoms with Crippen molar-refractivity contribution in [3.63, 3.8) is 0 Å². The molecule has 0 aliphatic carbocycles. The largest absolute Gasteiger partial charge is 0.318 e. The highest BCUT2D eigenvalue weighted by Crippen LogP contribution is 2.23. The number of rotatable bonds is 5. The van der Waals surface area contributed by atoms with Gasteiger partial charge in [0, 0.05) is 33.2 Å². The van der Waals surface area contributed by atoms with E-state index in [2.05, 4.69) is 15.4 Å². The van der Waals surface area contributed by atoms with Crippen LogP contribution in [0.3, 0.4) is 0 Å². The Bertz CT molecular complexity index is 1190. The van der Waals surface area contributed by atoms with Gasteiger partial charge >= 0.3 is 0 Å². The zero-order valence-electron chi connectivity index (χ0n) is 16.4. The molecule has 0 radical (unpaired) electrons. The van der Waals surface area contributed by atoms with Crippen molar-refractivity contribution in [3.05, 3.63) is 82.1 Å². The van der Waals surface area contributed by atoms with Gasteiger partial charge in [0.15, 0.2) is 5.78 Å². The Labute approximate surface area is 173 Å². The molecule has 7 heteroatoms. The van der Waals surface area contributed by atoms with Gasteiger partial charge in [-0.25, -0.2) is 0 Å². The van der Waals surface area contributed by atoms with Crippen LogP contribution in [0.5, 0.6) is 0 Å². The average molecular weight is 406 g/mol. The molecule has 6 nitrogen and oxygen atoms in total. The van der Waals surface area contributed by atoms with E-state index in [1.165, 1.54) is 4.80 Å². The fraction of sp³-hybridized carbons (Fsp3) is 0.182. The standard InChI is InChI=1S/C22H20ClN5O/c1-14-6-4-5-7-19(14)22-24-26-27(25-22)13-21(29)20-12-15(2)28(16(20)3)18-10-8-17(23)9-11-18/h4-12H,13H2,1-3H3. The molecule has 0 amide bonds. The molecule has 2 aromatic carbocycles. The van der Waals surface area contributed by atoms with E-state index in [0.29, 0.717) is 16.4 Å². The molecule has 0 fully saturated rings. The minimum Gasteiger partial charge on any atom is -0.318 e. The first kappa shape index (κ1) is 19.1. The molecular formula is C22H20ClN5O. The smallest absolute Gasteiger partial charge is 0.205 e. The predicted octanol–water partition coefficient (Wildman–Crippen LogP) is 4.59. The summed E-state index contributed by atoms with van der Waals surface area (Å²) in [4.78, 5) is 14.3. The molecule has 146 valence electrons. The van der Waals surface area contributed by atoms with Gasteiger partial charge in [-0.3, -0.25) is 4.79 Å². The summed E-state index contributed by atoms with van der Waals surface area (Å²) < 4.78 is 2.04.